The Morgan fingerprint density at radius 3 is 1.91 bits per heavy atom. The summed E-state index contributed by atoms with van der Waals surface area (Å²) >= 11 is 0. The number of carbonyl (C=O) groups excluding carboxylic acids is 4. The predicted octanol–water partition coefficient (Wildman–Crippen LogP) is 1.59. The van der Waals surface area contributed by atoms with E-state index in [4.69, 9.17) is 9.47 Å². The minimum atomic E-state index is -1.18. The summed E-state index contributed by atoms with van der Waals surface area (Å²) in [6.45, 7) is 10.7. The zero-order valence-electron chi connectivity index (χ0n) is 21.2. The first-order chi connectivity index (χ1) is 15.2. The molecule has 33 heavy (non-hydrogen) atoms. The summed E-state index contributed by atoms with van der Waals surface area (Å²) in [6, 6.07) is -0.0370. The molecule has 0 fully saturated rings. The Bertz CT molecular complexity index is 753. The molecule has 0 saturated heterocycles. The van der Waals surface area contributed by atoms with E-state index in [1.165, 1.54) is 16.8 Å². The number of amides is 2. The molecule has 1 rings (SSSR count). The van der Waals surface area contributed by atoms with Gasteiger partial charge in [0.2, 0.25) is 0 Å². The van der Waals surface area contributed by atoms with Crippen LogP contribution < -0.4 is 10.6 Å². The van der Waals surface area contributed by atoms with Crippen LogP contribution in [0, 0.1) is 5.92 Å². The van der Waals surface area contributed by atoms with Gasteiger partial charge in [-0.3, -0.25) is 14.9 Å². The molecule has 10 heteroatoms. The van der Waals surface area contributed by atoms with E-state index >= 15 is 0 Å². The van der Waals surface area contributed by atoms with E-state index in [9.17, 15) is 19.2 Å². The molecule has 188 valence electrons. The molecule has 0 radical (unpaired) electrons. The van der Waals surface area contributed by atoms with E-state index in [2.05, 4.69) is 10.6 Å². The van der Waals surface area contributed by atoms with Crippen LogP contribution in [0.25, 0.3) is 0 Å². The Morgan fingerprint density at radius 2 is 1.45 bits per heavy atom. The Morgan fingerprint density at radius 1 is 0.970 bits per heavy atom. The number of Topliss-reactive ketones (excluding diaryl/α,β-unsaturated/α-hetero) is 2. The maximum atomic E-state index is 13.4. The first-order valence-electron chi connectivity index (χ1n) is 11.2. The van der Waals surface area contributed by atoms with Crippen LogP contribution in [0.2, 0.25) is 0 Å². The standard InChI is InChI=1S/C23H40N4O6/c1-16(2)19(29)23(6)15-27(8)21(31)33-12-10-9-11-32-20(30)26(7)14-22(5,25-17(3)4)18(28)13-24-23/h9-10,16-17,24-25H,11-15H2,1-8H3/t22-,23-/m1/s1. The van der Waals surface area contributed by atoms with Crippen LogP contribution in [-0.4, -0.2) is 97.6 Å². The summed E-state index contributed by atoms with van der Waals surface area (Å²) in [7, 11) is 3.10. The van der Waals surface area contributed by atoms with E-state index in [0.29, 0.717) is 0 Å². The third kappa shape index (κ3) is 8.43. The highest BCUT2D eigenvalue weighted by molar-refractivity contribution is 5.93. The maximum Gasteiger partial charge on any atom is 0.409 e. The Balaban J connectivity index is 3.30. The quantitative estimate of drug-likeness (QED) is 0.598. The average Bonchev–Trinajstić information content (AvgIpc) is 2.71. The highest BCUT2D eigenvalue weighted by atomic mass is 16.6. The van der Waals surface area contributed by atoms with Gasteiger partial charge in [-0.1, -0.05) is 13.8 Å². The van der Waals surface area contributed by atoms with E-state index in [1.54, 1.807) is 46.9 Å². The number of hydrogen-bond acceptors (Lipinski definition) is 8. The van der Waals surface area contributed by atoms with Gasteiger partial charge in [0, 0.05) is 39.1 Å². The second-order valence-electron chi connectivity index (χ2n) is 9.60. The highest BCUT2D eigenvalue weighted by Gasteiger charge is 2.41. The van der Waals surface area contributed by atoms with E-state index in [0.717, 1.165) is 0 Å². The number of cyclic esters (lactones) is 2. The first kappa shape index (κ1) is 28.6. The topological polar surface area (TPSA) is 117 Å². The Hall–Kier alpha value is -2.46. The van der Waals surface area contributed by atoms with Gasteiger partial charge in [0.1, 0.15) is 13.2 Å². The maximum absolute atomic E-state index is 13.4. The number of carbonyl (C=O) groups is 4. The van der Waals surface area contributed by atoms with Crippen molar-refractivity contribution in [2.75, 3.05) is 46.9 Å². The molecule has 10 nitrogen and oxygen atoms in total. The normalized spacial score (nSPS) is 26.9. The van der Waals surface area contributed by atoms with Crippen LogP contribution in [-0.2, 0) is 19.1 Å². The monoisotopic (exact) mass is 468 g/mol. The van der Waals surface area contributed by atoms with Crippen molar-refractivity contribution in [2.24, 2.45) is 5.92 Å². The van der Waals surface area contributed by atoms with E-state index < -0.39 is 23.3 Å². The lowest BCUT2D eigenvalue weighted by Crippen LogP contribution is -2.64. The number of nitrogens with one attached hydrogen (secondary N) is 2. The third-order valence-corrected chi connectivity index (χ3v) is 5.43. The lowest BCUT2D eigenvalue weighted by Gasteiger charge is -2.38. The van der Waals surface area contributed by atoms with Crippen molar-refractivity contribution in [2.45, 2.75) is 58.7 Å². The number of likely N-dealkylation sites (N-methyl/N-ethyl adjacent to an activating group) is 2. The first-order valence-corrected chi connectivity index (χ1v) is 11.2. The second-order valence-corrected chi connectivity index (χ2v) is 9.60. The van der Waals surface area contributed by atoms with Gasteiger partial charge in [-0.05, 0) is 39.8 Å². The van der Waals surface area contributed by atoms with Gasteiger partial charge in [0.05, 0.1) is 17.6 Å². The minimum absolute atomic E-state index is 0.00134. The molecule has 0 saturated carbocycles. The van der Waals surface area contributed by atoms with Crippen LogP contribution >= 0.6 is 0 Å². The SMILES string of the molecule is CC(C)N[C@]1(C)CN(C)C(=O)OCC=CCOC(=O)N(C)C[C@](C)(C(=O)C(C)C)NCC1=O. The fourth-order valence-electron chi connectivity index (χ4n) is 3.85. The molecule has 1 heterocycles. The summed E-state index contributed by atoms with van der Waals surface area (Å²) < 4.78 is 10.4. The summed E-state index contributed by atoms with van der Waals surface area (Å²) in [4.78, 5) is 53.8. The predicted molar refractivity (Wildman–Crippen MR) is 125 cm³/mol. The Kier molecular flexibility index (Phi) is 10.5. The molecule has 0 aromatic heterocycles. The van der Waals surface area contributed by atoms with Gasteiger partial charge < -0.3 is 24.6 Å². The van der Waals surface area contributed by atoms with E-state index in [-0.39, 0.29) is 56.4 Å². The van der Waals surface area contributed by atoms with Crippen LogP contribution in [0.15, 0.2) is 12.2 Å². The zero-order chi connectivity index (χ0) is 25.4. The molecule has 0 aromatic carbocycles. The molecule has 0 unspecified atom stereocenters. The van der Waals surface area contributed by atoms with Gasteiger partial charge >= 0.3 is 12.2 Å². The molecule has 0 aromatic rings. The molecule has 0 bridgehead atoms. The van der Waals surface area contributed by atoms with Crippen molar-refractivity contribution in [1.29, 1.82) is 0 Å². The van der Waals surface area contributed by atoms with E-state index in [1.807, 2.05) is 13.8 Å². The lowest BCUT2D eigenvalue weighted by molar-refractivity contribution is -0.129. The molecule has 1 aliphatic rings. The smallest absolute Gasteiger partial charge is 0.409 e. The number of hydrogen-bond donors (Lipinski definition) is 2. The van der Waals surface area contributed by atoms with Gasteiger partial charge in [0.15, 0.2) is 11.6 Å². The molecule has 0 aliphatic carbocycles. The van der Waals surface area contributed by atoms with Crippen LogP contribution in [0.3, 0.4) is 0 Å². The molecule has 1 aliphatic heterocycles. The van der Waals surface area contributed by atoms with Gasteiger partial charge in [-0.15, -0.1) is 0 Å². The molecular weight excluding hydrogens is 428 g/mol. The molecule has 2 amide bonds. The van der Waals surface area contributed by atoms with Crippen molar-refractivity contribution in [3.8, 4) is 0 Å². The number of ether oxygens (including phenoxy) is 2. The number of nitrogens with zero attached hydrogens (tertiary/aromatic N) is 2. The van der Waals surface area contributed by atoms with Crippen molar-refractivity contribution in [3.05, 3.63) is 12.2 Å². The fraction of sp³-hybridized carbons (Fsp3) is 0.739. The van der Waals surface area contributed by atoms with Crippen LogP contribution in [0.1, 0.15) is 41.5 Å². The second kappa shape index (κ2) is 12.1. The number of rotatable bonds is 4. The minimum Gasteiger partial charge on any atom is -0.445 e. The van der Waals surface area contributed by atoms with Crippen molar-refractivity contribution >= 4 is 23.8 Å². The van der Waals surface area contributed by atoms with Gasteiger partial charge in [-0.25, -0.2) is 9.59 Å². The molecule has 0 spiro atoms. The summed E-state index contributed by atoms with van der Waals surface area (Å²) in [5, 5.41) is 6.33. The van der Waals surface area contributed by atoms with Crippen molar-refractivity contribution in [3.63, 3.8) is 0 Å². The van der Waals surface area contributed by atoms with Gasteiger partial charge in [0.25, 0.3) is 0 Å². The zero-order valence-corrected chi connectivity index (χ0v) is 21.2. The van der Waals surface area contributed by atoms with Crippen LogP contribution in [0.5, 0.6) is 0 Å². The van der Waals surface area contributed by atoms with Crippen LogP contribution in [0.4, 0.5) is 9.59 Å². The lowest BCUT2D eigenvalue weighted by atomic mass is 9.87. The Labute approximate surface area is 197 Å². The highest BCUT2D eigenvalue weighted by Crippen LogP contribution is 2.17. The summed E-state index contributed by atoms with van der Waals surface area (Å²) in [5.74, 6) is -0.680. The summed E-state index contributed by atoms with van der Waals surface area (Å²) in [5.41, 5.74) is -2.27. The molecule has 2 N–H and O–H groups in total. The fourth-order valence-corrected chi connectivity index (χ4v) is 3.85. The molecule has 2 atom stereocenters. The molecular formula is C23H40N4O6. The van der Waals surface area contributed by atoms with Gasteiger partial charge in [-0.2, -0.15) is 0 Å². The summed E-state index contributed by atoms with van der Waals surface area (Å²) in [6.07, 6.45) is 1.95. The van der Waals surface area contributed by atoms with Crippen molar-refractivity contribution < 1.29 is 28.7 Å². The third-order valence-electron chi connectivity index (χ3n) is 5.43. The largest absolute Gasteiger partial charge is 0.445 e. The average molecular weight is 469 g/mol. The van der Waals surface area contributed by atoms with Crippen molar-refractivity contribution in [1.82, 2.24) is 20.4 Å². The number of ketones is 2.